The molecule has 3 aromatic rings. The van der Waals surface area contributed by atoms with Crippen LogP contribution in [0.1, 0.15) is 44.6 Å². The van der Waals surface area contributed by atoms with Gasteiger partial charge in [0, 0.05) is 11.8 Å². The number of benzene rings is 2. The first kappa shape index (κ1) is 21.5. The highest BCUT2D eigenvalue weighted by Gasteiger charge is 2.15. The number of rotatable bonds is 7. The highest BCUT2D eigenvalue weighted by atomic mass is 16.5. The van der Waals surface area contributed by atoms with E-state index in [1.165, 1.54) is 12.1 Å². The Labute approximate surface area is 180 Å². The van der Waals surface area contributed by atoms with Gasteiger partial charge >= 0.3 is 5.97 Å². The Balaban J connectivity index is 1.66. The van der Waals surface area contributed by atoms with Crippen molar-refractivity contribution >= 4 is 17.6 Å². The molecule has 3 rings (SSSR count). The van der Waals surface area contributed by atoms with Crippen molar-refractivity contribution in [3.63, 3.8) is 0 Å². The molecule has 1 heterocycles. The monoisotopic (exact) mass is 415 g/mol. The molecule has 1 amide bonds. The Bertz CT molecular complexity index is 1150. The topological polar surface area (TPSA) is 101 Å². The molecule has 2 aromatic carbocycles. The molecule has 0 bridgehead atoms. The minimum absolute atomic E-state index is 0.185. The first-order chi connectivity index (χ1) is 15.0. The maximum absolute atomic E-state index is 12.6. The smallest absolute Gasteiger partial charge is 0.339 e. The standard InChI is InChI=1S/C24H21N3O4/c1-3-30-24(29)21-10-11-22(26-16(21)2)23(28)27-19-8-5-9-20(13-19)31-15-18-7-4-6-17(12-18)14-25/h4-13H,3,15H2,1-2H3,(H,27,28). The van der Waals surface area contributed by atoms with Crippen LogP contribution < -0.4 is 10.1 Å². The second-order valence-corrected chi connectivity index (χ2v) is 6.63. The van der Waals surface area contributed by atoms with Gasteiger partial charge in [0.2, 0.25) is 0 Å². The van der Waals surface area contributed by atoms with Crippen LogP contribution in [0.4, 0.5) is 5.69 Å². The average molecular weight is 415 g/mol. The van der Waals surface area contributed by atoms with Gasteiger partial charge in [0.15, 0.2) is 0 Å². The van der Waals surface area contributed by atoms with Gasteiger partial charge in [-0.15, -0.1) is 0 Å². The van der Waals surface area contributed by atoms with Crippen LogP contribution in [-0.2, 0) is 11.3 Å². The number of carbonyl (C=O) groups excluding carboxylic acids is 2. The number of anilines is 1. The average Bonchev–Trinajstić information content (AvgIpc) is 2.78. The molecule has 0 saturated carbocycles. The molecule has 31 heavy (non-hydrogen) atoms. The number of ether oxygens (including phenoxy) is 2. The Morgan fingerprint density at radius 1 is 1.10 bits per heavy atom. The van der Waals surface area contributed by atoms with Crippen LogP contribution in [-0.4, -0.2) is 23.5 Å². The summed E-state index contributed by atoms with van der Waals surface area (Å²) < 4.78 is 10.8. The third-order valence-electron chi connectivity index (χ3n) is 4.37. The summed E-state index contributed by atoms with van der Waals surface area (Å²) in [6.07, 6.45) is 0. The number of aryl methyl sites for hydroxylation is 1. The van der Waals surface area contributed by atoms with E-state index in [9.17, 15) is 9.59 Å². The van der Waals surface area contributed by atoms with Gasteiger partial charge in [0.05, 0.1) is 29.5 Å². The SMILES string of the molecule is CCOC(=O)c1ccc(C(=O)Nc2cccc(OCc3cccc(C#N)c3)c2)nc1C. The second kappa shape index (κ2) is 10.0. The van der Waals surface area contributed by atoms with Gasteiger partial charge in [-0.3, -0.25) is 4.79 Å². The van der Waals surface area contributed by atoms with Gasteiger partial charge in [-0.05, 0) is 55.8 Å². The molecule has 0 atom stereocenters. The first-order valence-electron chi connectivity index (χ1n) is 9.68. The zero-order chi connectivity index (χ0) is 22.2. The molecule has 0 fully saturated rings. The van der Waals surface area contributed by atoms with Crippen molar-refractivity contribution in [2.75, 3.05) is 11.9 Å². The van der Waals surface area contributed by atoms with Crippen LogP contribution in [0.5, 0.6) is 5.75 Å². The van der Waals surface area contributed by atoms with Crippen molar-refractivity contribution in [1.82, 2.24) is 4.98 Å². The summed E-state index contributed by atoms with van der Waals surface area (Å²) in [5.74, 6) is -0.302. The molecule has 7 heteroatoms. The maximum atomic E-state index is 12.6. The largest absolute Gasteiger partial charge is 0.489 e. The predicted molar refractivity (Wildman–Crippen MR) is 115 cm³/mol. The Morgan fingerprint density at radius 3 is 2.65 bits per heavy atom. The quantitative estimate of drug-likeness (QED) is 0.578. The molecule has 0 spiro atoms. The Hall–Kier alpha value is -4.18. The van der Waals surface area contributed by atoms with Gasteiger partial charge in [-0.2, -0.15) is 5.26 Å². The number of hydrogen-bond acceptors (Lipinski definition) is 6. The molecule has 1 N–H and O–H groups in total. The van der Waals surface area contributed by atoms with Crippen LogP contribution >= 0.6 is 0 Å². The second-order valence-electron chi connectivity index (χ2n) is 6.63. The van der Waals surface area contributed by atoms with Crippen LogP contribution in [0.25, 0.3) is 0 Å². The van der Waals surface area contributed by atoms with Crippen molar-refractivity contribution in [3.05, 3.63) is 88.7 Å². The molecular formula is C24H21N3O4. The molecule has 0 aliphatic heterocycles. The van der Waals surface area contributed by atoms with E-state index in [0.29, 0.717) is 34.9 Å². The van der Waals surface area contributed by atoms with Crippen LogP contribution in [0, 0.1) is 18.3 Å². The fourth-order valence-electron chi connectivity index (χ4n) is 2.87. The van der Waals surface area contributed by atoms with Gasteiger partial charge < -0.3 is 14.8 Å². The van der Waals surface area contributed by atoms with Gasteiger partial charge in [-0.25, -0.2) is 9.78 Å². The minimum Gasteiger partial charge on any atom is -0.489 e. The number of amides is 1. The lowest BCUT2D eigenvalue weighted by atomic mass is 10.1. The summed E-state index contributed by atoms with van der Waals surface area (Å²) >= 11 is 0. The summed E-state index contributed by atoms with van der Waals surface area (Å²) in [5, 5.41) is 11.8. The van der Waals surface area contributed by atoms with E-state index in [1.54, 1.807) is 56.3 Å². The zero-order valence-corrected chi connectivity index (χ0v) is 17.2. The lowest BCUT2D eigenvalue weighted by Gasteiger charge is -2.10. The number of aromatic nitrogens is 1. The fourth-order valence-corrected chi connectivity index (χ4v) is 2.87. The molecule has 0 aliphatic carbocycles. The van der Waals surface area contributed by atoms with E-state index in [0.717, 1.165) is 5.56 Å². The summed E-state index contributed by atoms with van der Waals surface area (Å²) in [7, 11) is 0. The van der Waals surface area contributed by atoms with Crippen molar-refractivity contribution in [2.24, 2.45) is 0 Å². The number of nitrogens with one attached hydrogen (secondary N) is 1. The Morgan fingerprint density at radius 2 is 1.90 bits per heavy atom. The fraction of sp³-hybridized carbons (Fsp3) is 0.167. The highest BCUT2D eigenvalue weighted by Crippen LogP contribution is 2.20. The lowest BCUT2D eigenvalue weighted by Crippen LogP contribution is -2.16. The van der Waals surface area contributed by atoms with E-state index >= 15 is 0 Å². The number of pyridine rings is 1. The highest BCUT2D eigenvalue weighted by molar-refractivity contribution is 6.03. The van der Waals surface area contributed by atoms with Gasteiger partial charge in [0.1, 0.15) is 18.1 Å². The van der Waals surface area contributed by atoms with Crippen molar-refractivity contribution < 1.29 is 19.1 Å². The molecular weight excluding hydrogens is 394 g/mol. The minimum atomic E-state index is -0.468. The van der Waals surface area contributed by atoms with Crippen LogP contribution in [0.15, 0.2) is 60.7 Å². The van der Waals surface area contributed by atoms with Crippen molar-refractivity contribution in [1.29, 1.82) is 5.26 Å². The molecule has 0 saturated heterocycles. The maximum Gasteiger partial charge on any atom is 0.339 e. The molecule has 156 valence electrons. The summed E-state index contributed by atoms with van der Waals surface area (Å²) in [6, 6.07) is 19.3. The summed E-state index contributed by atoms with van der Waals surface area (Å²) in [4.78, 5) is 28.7. The summed E-state index contributed by atoms with van der Waals surface area (Å²) in [5.41, 5.74) is 2.91. The molecule has 1 aromatic heterocycles. The number of esters is 1. The molecule has 0 radical (unpaired) electrons. The van der Waals surface area contributed by atoms with Gasteiger partial charge in [-0.1, -0.05) is 18.2 Å². The van der Waals surface area contributed by atoms with E-state index in [1.807, 2.05) is 6.07 Å². The molecule has 7 nitrogen and oxygen atoms in total. The van der Waals surface area contributed by atoms with Crippen molar-refractivity contribution in [3.8, 4) is 11.8 Å². The number of nitrogens with zero attached hydrogens (tertiary/aromatic N) is 2. The molecule has 0 unspecified atom stereocenters. The first-order valence-corrected chi connectivity index (χ1v) is 9.68. The third-order valence-corrected chi connectivity index (χ3v) is 4.37. The van der Waals surface area contributed by atoms with E-state index in [2.05, 4.69) is 16.4 Å². The Kier molecular flexibility index (Phi) is 6.97. The third kappa shape index (κ3) is 5.67. The number of hydrogen-bond donors (Lipinski definition) is 1. The van der Waals surface area contributed by atoms with E-state index in [-0.39, 0.29) is 12.3 Å². The molecule has 0 aliphatic rings. The van der Waals surface area contributed by atoms with Crippen LogP contribution in [0.2, 0.25) is 0 Å². The van der Waals surface area contributed by atoms with Crippen LogP contribution in [0.3, 0.4) is 0 Å². The number of nitriles is 1. The number of carbonyl (C=O) groups is 2. The lowest BCUT2D eigenvalue weighted by molar-refractivity contribution is 0.0524. The van der Waals surface area contributed by atoms with E-state index < -0.39 is 11.9 Å². The normalized spacial score (nSPS) is 10.1. The summed E-state index contributed by atoms with van der Waals surface area (Å²) in [6.45, 7) is 3.94. The van der Waals surface area contributed by atoms with E-state index in [4.69, 9.17) is 14.7 Å². The van der Waals surface area contributed by atoms with Gasteiger partial charge in [0.25, 0.3) is 5.91 Å². The predicted octanol–water partition coefficient (Wildman–Crippen LogP) is 4.27. The van der Waals surface area contributed by atoms with Crippen molar-refractivity contribution in [2.45, 2.75) is 20.5 Å². The zero-order valence-electron chi connectivity index (χ0n) is 17.2.